The van der Waals surface area contributed by atoms with Crippen molar-refractivity contribution >= 4 is 17.2 Å². The van der Waals surface area contributed by atoms with Gasteiger partial charge in [0, 0.05) is 19.0 Å². The highest BCUT2D eigenvalue weighted by Gasteiger charge is 2.11. The molecule has 0 N–H and O–H groups in total. The first-order valence-corrected chi connectivity index (χ1v) is 6.03. The van der Waals surface area contributed by atoms with E-state index in [1.54, 1.807) is 16.2 Å². The Morgan fingerprint density at radius 3 is 2.62 bits per heavy atom. The molecule has 1 aromatic heterocycles. The molecule has 1 aromatic carbocycles. The molecule has 0 bridgehead atoms. The number of rotatable bonds is 3. The standard InChI is InChI=1S/C13H13NOS/c1-14(9-11-5-3-2-4-6-11)13(15)12-7-8-16-10-12/h2-8,10H,9H2,1H3. The van der Waals surface area contributed by atoms with E-state index in [1.165, 1.54) is 0 Å². The third-order valence-electron chi connectivity index (χ3n) is 2.38. The summed E-state index contributed by atoms with van der Waals surface area (Å²) in [5, 5.41) is 3.80. The maximum Gasteiger partial charge on any atom is 0.254 e. The number of nitrogens with zero attached hydrogens (tertiary/aromatic N) is 1. The van der Waals surface area contributed by atoms with Crippen molar-refractivity contribution in [1.29, 1.82) is 0 Å². The van der Waals surface area contributed by atoms with Crippen molar-refractivity contribution in [2.75, 3.05) is 7.05 Å². The van der Waals surface area contributed by atoms with Gasteiger partial charge in [0.1, 0.15) is 0 Å². The van der Waals surface area contributed by atoms with Gasteiger partial charge in [-0.3, -0.25) is 4.79 Å². The Bertz CT molecular complexity index is 450. The number of hydrogen-bond donors (Lipinski definition) is 0. The molecule has 0 unspecified atom stereocenters. The summed E-state index contributed by atoms with van der Waals surface area (Å²) in [6, 6.07) is 11.9. The van der Waals surface area contributed by atoms with Crippen LogP contribution in [-0.2, 0) is 6.54 Å². The van der Waals surface area contributed by atoms with Gasteiger partial charge in [-0.05, 0) is 17.0 Å². The minimum atomic E-state index is 0.0742. The summed E-state index contributed by atoms with van der Waals surface area (Å²) >= 11 is 1.54. The van der Waals surface area contributed by atoms with E-state index in [1.807, 2.05) is 54.2 Å². The summed E-state index contributed by atoms with van der Waals surface area (Å²) in [7, 11) is 1.83. The molecule has 3 heteroatoms. The molecule has 0 atom stereocenters. The van der Waals surface area contributed by atoms with Gasteiger partial charge in [0.2, 0.25) is 0 Å². The molecular formula is C13H13NOS. The van der Waals surface area contributed by atoms with Crippen molar-refractivity contribution < 1.29 is 4.79 Å². The number of benzene rings is 1. The topological polar surface area (TPSA) is 20.3 Å². The van der Waals surface area contributed by atoms with E-state index in [4.69, 9.17) is 0 Å². The first kappa shape index (κ1) is 10.9. The van der Waals surface area contributed by atoms with Gasteiger partial charge in [-0.15, -0.1) is 0 Å². The molecule has 2 nitrogen and oxygen atoms in total. The highest BCUT2D eigenvalue weighted by Crippen LogP contribution is 2.11. The Balaban J connectivity index is 2.04. The quantitative estimate of drug-likeness (QED) is 0.795. The lowest BCUT2D eigenvalue weighted by Gasteiger charge is -2.16. The molecule has 82 valence electrons. The minimum absolute atomic E-state index is 0.0742. The average Bonchev–Trinajstić information content (AvgIpc) is 2.83. The second-order valence-corrected chi connectivity index (χ2v) is 4.44. The average molecular weight is 231 g/mol. The maximum absolute atomic E-state index is 11.9. The van der Waals surface area contributed by atoms with Crippen LogP contribution >= 0.6 is 11.3 Å². The van der Waals surface area contributed by atoms with E-state index < -0.39 is 0 Å². The van der Waals surface area contributed by atoms with Crippen LogP contribution in [0.4, 0.5) is 0 Å². The highest BCUT2D eigenvalue weighted by atomic mass is 32.1. The Labute approximate surface area is 99.1 Å². The molecular weight excluding hydrogens is 218 g/mol. The van der Waals surface area contributed by atoms with E-state index in [2.05, 4.69) is 0 Å². The largest absolute Gasteiger partial charge is 0.337 e. The van der Waals surface area contributed by atoms with Gasteiger partial charge in [-0.25, -0.2) is 0 Å². The van der Waals surface area contributed by atoms with E-state index in [0.29, 0.717) is 6.54 Å². The SMILES string of the molecule is CN(Cc1ccccc1)C(=O)c1ccsc1. The lowest BCUT2D eigenvalue weighted by atomic mass is 10.2. The van der Waals surface area contributed by atoms with Gasteiger partial charge in [-0.2, -0.15) is 11.3 Å². The van der Waals surface area contributed by atoms with Crippen molar-refractivity contribution in [2.24, 2.45) is 0 Å². The lowest BCUT2D eigenvalue weighted by Crippen LogP contribution is -2.25. The second-order valence-electron chi connectivity index (χ2n) is 3.66. The fraction of sp³-hybridized carbons (Fsp3) is 0.154. The normalized spacial score (nSPS) is 10.1. The summed E-state index contributed by atoms with van der Waals surface area (Å²) in [5.41, 5.74) is 1.91. The van der Waals surface area contributed by atoms with Crippen LogP contribution in [0.5, 0.6) is 0 Å². The molecule has 16 heavy (non-hydrogen) atoms. The van der Waals surface area contributed by atoms with Crippen molar-refractivity contribution in [3.63, 3.8) is 0 Å². The number of hydrogen-bond acceptors (Lipinski definition) is 2. The molecule has 0 saturated carbocycles. The fourth-order valence-electron chi connectivity index (χ4n) is 1.54. The van der Waals surface area contributed by atoms with E-state index >= 15 is 0 Å². The molecule has 0 aliphatic heterocycles. The third-order valence-corrected chi connectivity index (χ3v) is 3.06. The Morgan fingerprint density at radius 2 is 2.00 bits per heavy atom. The summed E-state index contributed by atoms with van der Waals surface area (Å²) < 4.78 is 0. The van der Waals surface area contributed by atoms with Gasteiger partial charge in [0.25, 0.3) is 5.91 Å². The Morgan fingerprint density at radius 1 is 1.25 bits per heavy atom. The molecule has 0 saturated heterocycles. The van der Waals surface area contributed by atoms with Crippen molar-refractivity contribution in [1.82, 2.24) is 4.90 Å². The van der Waals surface area contributed by atoms with Gasteiger partial charge < -0.3 is 4.90 Å². The minimum Gasteiger partial charge on any atom is -0.337 e. The van der Waals surface area contributed by atoms with Crippen LogP contribution < -0.4 is 0 Å². The molecule has 2 rings (SSSR count). The van der Waals surface area contributed by atoms with Crippen molar-refractivity contribution in [2.45, 2.75) is 6.54 Å². The predicted octanol–water partition coefficient (Wildman–Crippen LogP) is 3.02. The van der Waals surface area contributed by atoms with Crippen LogP contribution in [0.3, 0.4) is 0 Å². The van der Waals surface area contributed by atoms with Gasteiger partial charge in [-0.1, -0.05) is 30.3 Å². The molecule has 2 aromatic rings. The predicted molar refractivity (Wildman–Crippen MR) is 66.6 cm³/mol. The van der Waals surface area contributed by atoms with Crippen LogP contribution in [0.1, 0.15) is 15.9 Å². The first-order valence-electron chi connectivity index (χ1n) is 5.09. The Hall–Kier alpha value is -1.61. The number of amides is 1. The zero-order valence-corrected chi connectivity index (χ0v) is 9.91. The smallest absolute Gasteiger partial charge is 0.254 e. The molecule has 1 amide bonds. The summed E-state index contributed by atoms with van der Waals surface area (Å²) in [4.78, 5) is 13.7. The van der Waals surface area contributed by atoms with Crippen LogP contribution in [0.2, 0.25) is 0 Å². The maximum atomic E-state index is 11.9. The number of carbonyl (C=O) groups is 1. The fourth-order valence-corrected chi connectivity index (χ4v) is 2.17. The molecule has 0 aliphatic carbocycles. The number of carbonyl (C=O) groups excluding carboxylic acids is 1. The highest BCUT2D eigenvalue weighted by molar-refractivity contribution is 7.08. The number of thiophene rings is 1. The second kappa shape index (κ2) is 4.94. The van der Waals surface area contributed by atoms with E-state index in [-0.39, 0.29) is 5.91 Å². The monoisotopic (exact) mass is 231 g/mol. The van der Waals surface area contributed by atoms with Gasteiger partial charge in [0.05, 0.1) is 5.56 Å². The molecule has 1 heterocycles. The van der Waals surface area contributed by atoms with Crippen molar-refractivity contribution in [3.05, 3.63) is 58.3 Å². The molecule has 0 fully saturated rings. The van der Waals surface area contributed by atoms with E-state index in [9.17, 15) is 4.79 Å². The summed E-state index contributed by atoms with van der Waals surface area (Å²) in [6.45, 7) is 0.648. The van der Waals surface area contributed by atoms with Crippen molar-refractivity contribution in [3.8, 4) is 0 Å². The molecule has 0 aliphatic rings. The van der Waals surface area contributed by atoms with Crippen LogP contribution in [0.25, 0.3) is 0 Å². The van der Waals surface area contributed by atoms with E-state index in [0.717, 1.165) is 11.1 Å². The van der Waals surface area contributed by atoms with Gasteiger partial charge in [0.15, 0.2) is 0 Å². The zero-order chi connectivity index (χ0) is 11.4. The summed E-state index contributed by atoms with van der Waals surface area (Å²) in [6.07, 6.45) is 0. The van der Waals surface area contributed by atoms with Crippen LogP contribution in [0, 0.1) is 0 Å². The molecule has 0 radical (unpaired) electrons. The van der Waals surface area contributed by atoms with Crippen LogP contribution in [0.15, 0.2) is 47.2 Å². The lowest BCUT2D eigenvalue weighted by molar-refractivity contribution is 0.0785. The zero-order valence-electron chi connectivity index (χ0n) is 9.09. The van der Waals surface area contributed by atoms with Gasteiger partial charge >= 0.3 is 0 Å². The first-order chi connectivity index (χ1) is 7.77. The van der Waals surface area contributed by atoms with Crippen LogP contribution in [-0.4, -0.2) is 17.9 Å². The molecule has 0 spiro atoms. The Kier molecular flexibility index (Phi) is 3.37. The third kappa shape index (κ3) is 2.49. The summed E-state index contributed by atoms with van der Waals surface area (Å²) in [5.74, 6) is 0.0742.